The second kappa shape index (κ2) is 2.90. The molecule has 0 unspecified atom stereocenters. The van der Waals surface area contributed by atoms with Crippen LogP contribution < -0.4 is 5.32 Å². The molecule has 0 amide bonds. The number of carbonyl (C=O) groups excluding carboxylic acids is 1. The SMILES string of the molecule is O=Cc1cc2c(cc1Br)CCN2. The summed E-state index contributed by atoms with van der Waals surface area (Å²) < 4.78 is 0.889. The van der Waals surface area contributed by atoms with E-state index in [1.807, 2.05) is 12.1 Å². The predicted molar refractivity (Wildman–Crippen MR) is 51.7 cm³/mol. The zero-order valence-corrected chi connectivity index (χ0v) is 8.02. The van der Waals surface area contributed by atoms with Crippen molar-refractivity contribution in [3.63, 3.8) is 0 Å². The van der Waals surface area contributed by atoms with Gasteiger partial charge in [-0.3, -0.25) is 4.79 Å². The summed E-state index contributed by atoms with van der Waals surface area (Å²) in [5.74, 6) is 0. The van der Waals surface area contributed by atoms with Crippen molar-refractivity contribution in [1.29, 1.82) is 0 Å². The van der Waals surface area contributed by atoms with Crippen molar-refractivity contribution in [1.82, 2.24) is 0 Å². The first kappa shape index (κ1) is 7.80. The molecule has 1 aromatic rings. The van der Waals surface area contributed by atoms with Gasteiger partial charge in [0.05, 0.1) is 0 Å². The van der Waals surface area contributed by atoms with Crippen LogP contribution in [0.3, 0.4) is 0 Å². The van der Waals surface area contributed by atoms with Gasteiger partial charge in [0.1, 0.15) is 0 Å². The van der Waals surface area contributed by atoms with E-state index in [-0.39, 0.29) is 0 Å². The molecule has 0 aliphatic carbocycles. The molecule has 0 fully saturated rings. The van der Waals surface area contributed by atoms with E-state index in [2.05, 4.69) is 21.2 Å². The molecule has 2 nitrogen and oxygen atoms in total. The average Bonchev–Trinajstić information content (AvgIpc) is 2.49. The van der Waals surface area contributed by atoms with Crippen molar-refractivity contribution >= 4 is 27.9 Å². The lowest BCUT2D eigenvalue weighted by atomic mass is 10.1. The van der Waals surface area contributed by atoms with Gasteiger partial charge >= 0.3 is 0 Å². The minimum absolute atomic E-state index is 0.711. The Labute approximate surface area is 79.1 Å². The zero-order chi connectivity index (χ0) is 8.55. The van der Waals surface area contributed by atoms with Gasteiger partial charge in [0.2, 0.25) is 0 Å². The molecule has 0 radical (unpaired) electrons. The third kappa shape index (κ3) is 1.14. The fourth-order valence-corrected chi connectivity index (χ4v) is 1.91. The second-order valence-corrected chi connectivity index (χ2v) is 3.68. The Bertz CT molecular complexity index is 336. The molecule has 3 heteroatoms. The van der Waals surface area contributed by atoms with Gasteiger partial charge < -0.3 is 5.32 Å². The number of hydrogen-bond acceptors (Lipinski definition) is 2. The van der Waals surface area contributed by atoms with E-state index in [0.29, 0.717) is 5.56 Å². The van der Waals surface area contributed by atoms with Crippen LogP contribution in [0.4, 0.5) is 5.69 Å². The van der Waals surface area contributed by atoms with E-state index in [4.69, 9.17) is 0 Å². The molecule has 1 N–H and O–H groups in total. The zero-order valence-electron chi connectivity index (χ0n) is 6.43. The number of carbonyl (C=O) groups is 1. The summed E-state index contributed by atoms with van der Waals surface area (Å²) in [5.41, 5.74) is 3.09. The lowest BCUT2D eigenvalue weighted by Gasteiger charge is -2.02. The summed E-state index contributed by atoms with van der Waals surface area (Å²) in [6.07, 6.45) is 1.91. The van der Waals surface area contributed by atoms with Gasteiger partial charge in [-0.05, 0) is 24.1 Å². The van der Waals surface area contributed by atoms with Crippen LogP contribution in [0, 0.1) is 0 Å². The smallest absolute Gasteiger partial charge is 0.151 e. The van der Waals surface area contributed by atoms with Crippen LogP contribution in [0.5, 0.6) is 0 Å². The average molecular weight is 226 g/mol. The van der Waals surface area contributed by atoms with Crippen LogP contribution in [0.2, 0.25) is 0 Å². The van der Waals surface area contributed by atoms with Gasteiger partial charge in [0.25, 0.3) is 0 Å². The van der Waals surface area contributed by atoms with Crippen LogP contribution >= 0.6 is 15.9 Å². The van der Waals surface area contributed by atoms with Crippen molar-refractivity contribution in [3.8, 4) is 0 Å². The predicted octanol–water partition coefficient (Wildman–Crippen LogP) is 2.23. The normalized spacial score (nSPS) is 13.8. The number of benzene rings is 1. The molecule has 1 aliphatic heterocycles. The molecule has 1 aliphatic rings. The first-order valence-electron chi connectivity index (χ1n) is 3.83. The van der Waals surface area contributed by atoms with E-state index in [1.54, 1.807) is 0 Å². The molecule has 0 saturated heterocycles. The molecule has 0 aromatic heterocycles. The molecule has 0 bridgehead atoms. The fourth-order valence-electron chi connectivity index (χ4n) is 1.42. The number of aldehydes is 1. The first-order chi connectivity index (χ1) is 5.81. The largest absolute Gasteiger partial charge is 0.384 e. The molecule has 1 heterocycles. The van der Waals surface area contributed by atoms with Gasteiger partial charge in [-0.25, -0.2) is 0 Å². The van der Waals surface area contributed by atoms with Crippen LogP contribution in [-0.4, -0.2) is 12.8 Å². The molecule has 2 rings (SSSR count). The van der Waals surface area contributed by atoms with Gasteiger partial charge in [-0.15, -0.1) is 0 Å². The van der Waals surface area contributed by atoms with E-state index in [1.165, 1.54) is 5.56 Å². The van der Waals surface area contributed by atoms with Gasteiger partial charge in [-0.2, -0.15) is 0 Å². The monoisotopic (exact) mass is 225 g/mol. The molecule has 12 heavy (non-hydrogen) atoms. The minimum Gasteiger partial charge on any atom is -0.384 e. The number of halogens is 1. The molecular formula is C9H8BrNO. The number of hydrogen-bond donors (Lipinski definition) is 1. The van der Waals surface area contributed by atoms with Crippen molar-refractivity contribution in [2.45, 2.75) is 6.42 Å². The summed E-state index contributed by atoms with van der Waals surface area (Å²) in [7, 11) is 0. The maximum atomic E-state index is 10.6. The highest BCUT2D eigenvalue weighted by Gasteiger charge is 2.12. The molecule has 0 saturated carbocycles. The summed E-state index contributed by atoms with van der Waals surface area (Å²) >= 11 is 3.35. The van der Waals surface area contributed by atoms with Crippen molar-refractivity contribution in [3.05, 3.63) is 27.7 Å². The van der Waals surface area contributed by atoms with Gasteiger partial charge in [0, 0.05) is 22.3 Å². The van der Waals surface area contributed by atoms with E-state index < -0.39 is 0 Å². The Morgan fingerprint density at radius 2 is 2.33 bits per heavy atom. The standard InChI is InChI=1S/C9H8BrNO/c10-8-3-6-1-2-11-9(6)4-7(8)5-12/h3-5,11H,1-2H2. The number of rotatable bonds is 1. The van der Waals surface area contributed by atoms with Crippen LogP contribution in [0.25, 0.3) is 0 Å². The van der Waals surface area contributed by atoms with E-state index in [0.717, 1.165) is 29.4 Å². The topological polar surface area (TPSA) is 29.1 Å². The number of nitrogens with one attached hydrogen (secondary N) is 1. The number of anilines is 1. The van der Waals surface area contributed by atoms with Gasteiger partial charge in [-0.1, -0.05) is 15.9 Å². The molecule has 0 atom stereocenters. The Hall–Kier alpha value is -0.830. The Balaban J connectivity index is 2.56. The second-order valence-electron chi connectivity index (χ2n) is 2.83. The van der Waals surface area contributed by atoms with Crippen LogP contribution in [0.1, 0.15) is 15.9 Å². The van der Waals surface area contributed by atoms with E-state index >= 15 is 0 Å². The molecular weight excluding hydrogens is 218 g/mol. The van der Waals surface area contributed by atoms with E-state index in [9.17, 15) is 4.79 Å². The highest BCUT2D eigenvalue weighted by molar-refractivity contribution is 9.10. The fraction of sp³-hybridized carbons (Fsp3) is 0.222. The highest BCUT2D eigenvalue weighted by atomic mass is 79.9. The minimum atomic E-state index is 0.711. The Morgan fingerprint density at radius 3 is 3.08 bits per heavy atom. The molecule has 62 valence electrons. The van der Waals surface area contributed by atoms with Crippen molar-refractivity contribution < 1.29 is 4.79 Å². The molecule has 0 spiro atoms. The third-order valence-corrected chi connectivity index (χ3v) is 2.75. The maximum Gasteiger partial charge on any atom is 0.151 e. The lowest BCUT2D eigenvalue weighted by Crippen LogP contribution is -1.91. The highest BCUT2D eigenvalue weighted by Crippen LogP contribution is 2.28. The quantitative estimate of drug-likeness (QED) is 0.744. The van der Waals surface area contributed by atoms with Crippen LogP contribution in [-0.2, 0) is 6.42 Å². The summed E-state index contributed by atoms with van der Waals surface area (Å²) in [6.45, 7) is 0.976. The van der Waals surface area contributed by atoms with Crippen molar-refractivity contribution in [2.24, 2.45) is 0 Å². The Morgan fingerprint density at radius 1 is 1.50 bits per heavy atom. The van der Waals surface area contributed by atoms with Gasteiger partial charge in [0.15, 0.2) is 6.29 Å². The third-order valence-electron chi connectivity index (χ3n) is 2.06. The number of fused-ring (bicyclic) bond motifs is 1. The first-order valence-corrected chi connectivity index (χ1v) is 4.62. The van der Waals surface area contributed by atoms with Crippen LogP contribution in [0.15, 0.2) is 16.6 Å². The molecule has 1 aromatic carbocycles. The maximum absolute atomic E-state index is 10.6. The lowest BCUT2D eigenvalue weighted by molar-refractivity contribution is 0.112. The summed E-state index contributed by atoms with van der Waals surface area (Å²) in [4.78, 5) is 10.6. The summed E-state index contributed by atoms with van der Waals surface area (Å²) in [5, 5.41) is 3.22. The van der Waals surface area contributed by atoms with Crippen molar-refractivity contribution in [2.75, 3.05) is 11.9 Å². The summed E-state index contributed by atoms with van der Waals surface area (Å²) in [6, 6.07) is 3.90. The Kier molecular flexibility index (Phi) is 1.89.